The smallest absolute Gasteiger partial charge is 0.310 e. The molecule has 0 spiro atoms. The Kier molecular flexibility index (Phi) is 3.43. The van der Waals surface area contributed by atoms with Crippen LogP contribution in [0.25, 0.3) is 0 Å². The lowest BCUT2D eigenvalue weighted by Crippen LogP contribution is -2.34. The van der Waals surface area contributed by atoms with Gasteiger partial charge in [0.2, 0.25) is 0 Å². The minimum absolute atomic E-state index is 0.149. The van der Waals surface area contributed by atoms with Crippen LogP contribution in [0.2, 0.25) is 0 Å². The molecule has 0 aromatic carbocycles. The van der Waals surface area contributed by atoms with E-state index in [-0.39, 0.29) is 35.6 Å². The fraction of sp³-hybridized carbons (Fsp3) is 0.875. The molecule has 3 atom stereocenters. The third-order valence-corrected chi connectivity index (χ3v) is 4.66. The maximum Gasteiger partial charge on any atom is 0.310 e. The monoisotopic (exact) mass is 282 g/mol. The molecule has 1 heterocycles. The fourth-order valence-corrected chi connectivity index (χ4v) is 3.79. The molecule has 2 fully saturated rings. The molecule has 114 valence electrons. The minimum Gasteiger partial charge on any atom is -0.460 e. The average molecular weight is 282 g/mol. The van der Waals surface area contributed by atoms with Crippen molar-refractivity contribution in [2.24, 2.45) is 17.3 Å². The van der Waals surface area contributed by atoms with Crippen LogP contribution in [0.4, 0.5) is 0 Å². The van der Waals surface area contributed by atoms with Gasteiger partial charge in [0.1, 0.15) is 11.2 Å². The minimum atomic E-state index is -0.485. The quantitative estimate of drug-likeness (QED) is 0.730. The number of rotatable bonds is 2. The van der Waals surface area contributed by atoms with Crippen molar-refractivity contribution in [3.63, 3.8) is 0 Å². The van der Waals surface area contributed by atoms with Crippen molar-refractivity contribution in [3.05, 3.63) is 0 Å². The van der Waals surface area contributed by atoms with E-state index in [0.717, 1.165) is 12.8 Å². The zero-order valence-electron chi connectivity index (χ0n) is 13.4. The van der Waals surface area contributed by atoms with Gasteiger partial charge in [-0.2, -0.15) is 0 Å². The molecule has 0 aromatic heterocycles. The van der Waals surface area contributed by atoms with Crippen LogP contribution in [0.3, 0.4) is 0 Å². The summed E-state index contributed by atoms with van der Waals surface area (Å²) in [5.41, 5.74) is -1.23. The van der Waals surface area contributed by atoms with E-state index in [4.69, 9.17) is 9.47 Å². The van der Waals surface area contributed by atoms with Gasteiger partial charge < -0.3 is 9.47 Å². The molecule has 1 aliphatic heterocycles. The maximum atomic E-state index is 12.2. The molecule has 0 N–H and O–H groups in total. The van der Waals surface area contributed by atoms with Gasteiger partial charge in [-0.25, -0.2) is 0 Å². The highest BCUT2D eigenvalue weighted by Gasteiger charge is 2.61. The highest BCUT2D eigenvalue weighted by molar-refractivity contribution is 5.79. The van der Waals surface area contributed by atoms with Crippen LogP contribution in [0.1, 0.15) is 60.8 Å². The summed E-state index contributed by atoms with van der Waals surface area (Å²) in [6.45, 7) is 11.5. The number of hydrogen-bond acceptors (Lipinski definition) is 4. The first-order valence-electron chi connectivity index (χ1n) is 7.39. The molecule has 2 aliphatic rings. The van der Waals surface area contributed by atoms with Crippen molar-refractivity contribution in [1.29, 1.82) is 0 Å². The first kappa shape index (κ1) is 15.3. The molecule has 0 amide bonds. The lowest BCUT2D eigenvalue weighted by atomic mass is 9.73. The van der Waals surface area contributed by atoms with Gasteiger partial charge in [-0.3, -0.25) is 9.59 Å². The Morgan fingerprint density at radius 3 is 2.50 bits per heavy atom. The fourth-order valence-electron chi connectivity index (χ4n) is 3.79. The van der Waals surface area contributed by atoms with Crippen LogP contribution >= 0.6 is 0 Å². The SMILES string of the molecule is CC(C)(C)OC(=O)C[C@]1(C)CC[C@H]2[C@H]1C(=O)OC2(C)C. The number of carbonyl (C=O) groups excluding carboxylic acids is 2. The predicted octanol–water partition coefficient (Wildman–Crippen LogP) is 3.09. The Bertz CT molecular complexity index is 432. The van der Waals surface area contributed by atoms with Crippen LogP contribution in [0.15, 0.2) is 0 Å². The highest BCUT2D eigenvalue weighted by Crippen LogP contribution is 2.57. The van der Waals surface area contributed by atoms with E-state index in [9.17, 15) is 9.59 Å². The Morgan fingerprint density at radius 2 is 1.95 bits per heavy atom. The summed E-state index contributed by atoms with van der Waals surface area (Å²) in [4.78, 5) is 24.3. The van der Waals surface area contributed by atoms with Gasteiger partial charge in [0.05, 0.1) is 12.3 Å². The molecule has 0 unspecified atom stereocenters. The number of esters is 2. The van der Waals surface area contributed by atoms with Gasteiger partial charge in [0.15, 0.2) is 0 Å². The summed E-state index contributed by atoms with van der Waals surface area (Å²) in [5, 5.41) is 0. The van der Waals surface area contributed by atoms with E-state index in [2.05, 4.69) is 0 Å². The molecule has 4 nitrogen and oxygen atoms in total. The zero-order chi connectivity index (χ0) is 15.3. The van der Waals surface area contributed by atoms with E-state index < -0.39 is 11.2 Å². The number of carbonyl (C=O) groups is 2. The summed E-state index contributed by atoms with van der Waals surface area (Å²) in [6, 6.07) is 0. The van der Waals surface area contributed by atoms with Crippen molar-refractivity contribution in [2.75, 3.05) is 0 Å². The summed E-state index contributed by atoms with van der Waals surface area (Å²) < 4.78 is 10.9. The number of ether oxygens (including phenoxy) is 2. The van der Waals surface area contributed by atoms with Gasteiger partial charge in [0.25, 0.3) is 0 Å². The second-order valence-corrected chi connectivity index (χ2v) is 8.06. The Hall–Kier alpha value is -1.06. The van der Waals surface area contributed by atoms with Crippen molar-refractivity contribution < 1.29 is 19.1 Å². The molecule has 0 bridgehead atoms. The second-order valence-electron chi connectivity index (χ2n) is 8.06. The zero-order valence-corrected chi connectivity index (χ0v) is 13.4. The van der Waals surface area contributed by atoms with Gasteiger partial charge >= 0.3 is 11.9 Å². The van der Waals surface area contributed by atoms with Gasteiger partial charge in [-0.05, 0) is 52.9 Å². The number of fused-ring (bicyclic) bond motifs is 1. The van der Waals surface area contributed by atoms with Crippen LogP contribution in [0.5, 0.6) is 0 Å². The average Bonchev–Trinajstić information content (AvgIpc) is 2.62. The van der Waals surface area contributed by atoms with Crippen molar-refractivity contribution in [1.82, 2.24) is 0 Å². The summed E-state index contributed by atoms with van der Waals surface area (Å²) in [7, 11) is 0. The molecule has 1 aliphatic carbocycles. The third kappa shape index (κ3) is 2.70. The summed E-state index contributed by atoms with van der Waals surface area (Å²) >= 11 is 0. The highest BCUT2D eigenvalue weighted by atomic mass is 16.6. The molecule has 20 heavy (non-hydrogen) atoms. The van der Waals surface area contributed by atoms with E-state index in [1.54, 1.807) is 0 Å². The molecule has 4 heteroatoms. The van der Waals surface area contributed by atoms with E-state index in [1.165, 1.54) is 0 Å². The van der Waals surface area contributed by atoms with Gasteiger partial charge in [0, 0.05) is 5.92 Å². The molecular formula is C16H26O4. The van der Waals surface area contributed by atoms with Gasteiger partial charge in [-0.1, -0.05) is 6.92 Å². The first-order valence-corrected chi connectivity index (χ1v) is 7.39. The predicted molar refractivity (Wildman–Crippen MR) is 75.0 cm³/mol. The Labute approximate surface area is 121 Å². The van der Waals surface area contributed by atoms with Crippen LogP contribution in [0, 0.1) is 17.3 Å². The Balaban J connectivity index is 2.13. The largest absolute Gasteiger partial charge is 0.460 e. The molecule has 0 aromatic rings. The van der Waals surface area contributed by atoms with E-state index in [1.807, 2.05) is 41.5 Å². The molecular weight excluding hydrogens is 256 g/mol. The van der Waals surface area contributed by atoms with Gasteiger partial charge in [-0.15, -0.1) is 0 Å². The lowest BCUT2D eigenvalue weighted by Gasteiger charge is -2.29. The molecule has 1 saturated heterocycles. The maximum absolute atomic E-state index is 12.2. The third-order valence-electron chi connectivity index (χ3n) is 4.66. The van der Waals surface area contributed by atoms with Crippen LogP contribution in [-0.2, 0) is 19.1 Å². The van der Waals surface area contributed by atoms with Crippen LogP contribution < -0.4 is 0 Å². The van der Waals surface area contributed by atoms with E-state index in [0.29, 0.717) is 0 Å². The van der Waals surface area contributed by atoms with E-state index >= 15 is 0 Å². The second kappa shape index (κ2) is 4.47. The lowest BCUT2D eigenvalue weighted by molar-refractivity contribution is -0.159. The Morgan fingerprint density at radius 1 is 1.35 bits per heavy atom. The normalized spacial score (nSPS) is 35.6. The number of hydrogen-bond donors (Lipinski definition) is 0. The number of cyclic esters (lactones) is 1. The van der Waals surface area contributed by atoms with Crippen molar-refractivity contribution in [2.45, 2.75) is 72.0 Å². The summed E-state index contributed by atoms with van der Waals surface area (Å²) in [5.74, 6) is -0.339. The molecule has 1 saturated carbocycles. The standard InChI is InChI=1S/C16H26O4/c1-14(2,3)19-11(17)9-16(6)8-7-10-12(16)13(18)20-15(10,4)5/h10,12H,7-9H2,1-6H3/t10-,12-,16-/m0/s1. The van der Waals surface area contributed by atoms with Crippen molar-refractivity contribution >= 4 is 11.9 Å². The first-order chi connectivity index (χ1) is 8.95. The van der Waals surface area contributed by atoms with Crippen molar-refractivity contribution in [3.8, 4) is 0 Å². The van der Waals surface area contributed by atoms with Crippen LogP contribution in [-0.4, -0.2) is 23.1 Å². The molecule has 2 rings (SSSR count). The molecule has 0 radical (unpaired) electrons. The topological polar surface area (TPSA) is 52.6 Å². The summed E-state index contributed by atoms with van der Waals surface area (Å²) in [6.07, 6.45) is 2.10.